The second kappa shape index (κ2) is 7.75. The minimum atomic E-state index is -0.868. The summed E-state index contributed by atoms with van der Waals surface area (Å²) in [6, 6.07) is 31.7. The van der Waals surface area contributed by atoms with E-state index in [2.05, 4.69) is 105 Å². The minimum Gasteiger partial charge on any atom is -0.339 e. The van der Waals surface area contributed by atoms with Crippen LogP contribution in [-0.4, -0.2) is 0 Å². The Bertz CT molecular complexity index is 703. The lowest BCUT2D eigenvalue weighted by Crippen LogP contribution is -2.27. The molecule has 0 saturated heterocycles. The van der Waals surface area contributed by atoms with Gasteiger partial charge >= 0.3 is 0 Å². The maximum atomic E-state index is 6.81. The summed E-state index contributed by atoms with van der Waals surface area (Å²) in [7, 11) is -0.868. The van der Waals surface area contributed by atoms with Crippen LogP contribution in [0.5, 0.6) is 0 Å². The molecule has 0 aliphatic heterocycles. The summed E-state index contributed by atoms with van der Waals surface area (Å²) in [6.07, 6.45) is 0.926. The third kappa shape index (κ3) is 3.75. The SMILES string of the molecule is CC[C@](C)(OP(c1ccccc1)c1ccccc1)c1ccccc1. The maximum absolute atomic E-state index is 6.81. The molecule has 1 nitrogen and oxygen atoms in total. The van der Waals surface area contributed by atoms with E-state index in [0.29, 0.717) is 0 Å². The second-order valence-corrected chi connectivity index (χ2v) is 7.81. The Morgan fingerprint density at radius 2 is 1.12 bits per heavy atom. The van der Waals surface area contributed by atoms with Crippen LogP contribution in [0.1, 0.15) is 25.8 Å². The third-order valence-electron chi connectivity index (χ3n) is 4.33. The molecule has 0 aromatic heterocycles. The molecule has 0 saturated carbocycles. The molecular weight excluding hydrogens is 311 g/mol. The molecule has 1 atom stereocenters. The van der Waals surface area contributed by atoms with Crippen LogP contribution in [0, 0.1) is 0 Å². The first-order valence-corrected chi connectivity index (χ1v) is 9.64. The molecule has 2 heteroatoms. The molecule has 122 valence electrons. The van der Waals surface area contributed by atoms with Crippen molar-refractivity contribution < 1.29 is 4.52 Å². The molecule has 0 fully saturated rings. The van der Waals surface area contributed by atoms with Gasteiger partial charge in [0, 0.05) is 10.6 Å². The van der Waals surface area contributed by atoms with Gasteiger partial charge in [0.2, 0.25) is 0 Å². The average Bonchev–Trinajstić information content (AvgIpc) is 2.68. The first-order chi connectivity index (χ1) is 11.7. The summed E-state index contributed by atoms with van der Waals surface area (Å²) >= 11 is 0. The van der Waals surface area contributed by atoms with Gasteiger partial charge < -0.3 is 4.52 Å². The van der Waals surface area contributed by atoms with Crippen molar-refractivity contribution in [3.8, 4) is 0 Å². The van der Waals surface area contributed by atoms with Crippen molar-refractivity contribution in [2.24, 2.45) is 0 Å². The molecule has 0 aliphatic carbocycles. The zero-order chi connectivity index (χ0) is 16.8. The lowest BCUT2D eigenvalue weighted by molar-refractivity contribution is 0.104. The first kappa shape index (κ1) is 16.9. The minimum absolute atomic E-state index is 0.307. The highest BCUT2D eigenvalue weighted by molar-refractivity contribution is 7.68. The Hall–Kier alpha value is -1.95. The van der Waals surface area contributed by atoms with Gasteiger partial charge in [0.05, 0.1) is 13.7 Å². The fourth-order valence-corrected chi connectivity index (χ4v) is 4.73. The van der Waals surface area contributed by atoms with E-state index in [1.54, 1.807) is 0 Å². The maximum Gasteiger partial charge on any atom is 0.0952 e. The van der Waals surface area contributed by atoms with Gasteiger partial charge in [0.15, 0.2) is 0 Å². The van der Waals surface area contributed by atoms with E-state index in [1.807, 2.05) is 0 Å². The third-order valence-corrected chi connectivity index (χ3v) is 6.45. The largest absolute Gasteiger partial charge is 0.339 e. The van der Waals surface area contributed by atoms with Gasteiger partial charge in [-0.2, -0.15) is 0 Å². The van der Waals surface area contributed by atoms with Crippen molar-refractivity contribution >= 4 is 18.8 Å². The Labute approximate surface area is 146 Å². The summed E-state index contributed by atoms with van der Waals surface area (Å²) in [6.45, 7) is 4.39. The van der Waals surface area contributed by atoms with Crippen molar-refractivity contribution in [2.45, 2.75) is 25.9 Å². The predicted molar refractivity (Wildman–Crippen MR) is 104 cm³/mol. The van der Waals surface area contributed by atoms with Crippen LogP contribution < -0.4 is 10.6 Å². The molecule has 0 N–H and O–H groups in total. The summed E-state index contributed by atoms with van der Waals surface area (Å²) in [4.78, 5) is 0. The van der Waals surface area contributed by atoms with Crippen LogP contribution in [0.4, 0.5) is 0 Å². The van der Waals surface area contributed by atoms with Gasteiger partial charge in [-0.25, -0.2) is 0 Å². The van der Waals surface area contributed by atoms with E-state index >= 15 is 0 Å². The quantitative estimate of drug-likeness (QED) is 0.550. The van der Waals surface area contributed by atoms with Crippen molar-refractivity contribution in [3.05, 3.63) is 96.6 Å². The summed E-state index contributed by atoms with van der Waals surface area (Å²) < 4.78 is 6.81. The Kier molecular flexibility index (Phi) is 5.45. The monoisotopic (exact) mass is 334 g/mol. The lowest BCUT2D eigenvalue weighted by Gasteiger charge is -2.34. The van der Waals surface area contributed by atoms with Crippen LogP contribution in [-0.2, 0) is 10.1 Å². The molecule has 24 heavy (non-hydrogen) atoms. The molecule has 0 radical (unpaired) electrons. The smallest absolute Gasteiger partial charge is 0.0952 e. The Morgan fingerprint density at radius 3 is 1.54 bits per heavy atom. The van der Waals surface area contributed by atoms with Crippen LogP contribution in [0.25, 0.3) is 0 Å². The molecule has 3 rings (SSSR count). The summed E-state index contributed by atoms with van der Waals surface area (Å²) in [5.74, 6) is 0. The molecule has 0 bridgehead atoms. The topological polar surface area (TPSA) is 9.23 Å². The highest BCUT2D eigenvalue weighted by atomic mass is 31.1. The molecular formula is C22H23OP. The fourth-order valence-electron chi connectivity index (χ4n) is 2.69. The number of benzene rings is 3. The van der Waals surface area contributed by atoms with Gasteiger partial charge in [-0.05, 0) is 18.9 Å². The van der Waals surface area contributed by atoms with Crippen molar-refractivity contribution in [1.29, 1.82) is 0 Å². The zero-order valence-electron chi connectivity index (χ0n) is 14.2. The molecule has 0 amide bonds. The molecule has 3 aromatic carbocycles. The number of hydrogen-bond donors (Lipinski definition) is 0. The number of hydrogen-bond acceptors (Lipinski definition) is 1. The van der Waals surface area contributed by atoms with Crippen LogP contribution in [0.3, 0.4) is 0 Å². The molecule has 0 unspecified atom stereocenters. The van der Waals surface area contributed by atoms with Gasteiger partial charge in [0.1, 0.15) is 0 Å². The van der Waals surface area contributed by atoms with E-state index in [-0.39, 0.29) is 5.60 Å². The van der Waals surface area contributed by atoms with Gasteiger partial charge in [-0.3, -0.25) is 0 Å². The van der Waals surface area contributed by atoms with Gasteiger partial charge in [-0.1, -0.05) is 97.9 Å². The van der Waals surface area contributed by atoms with Crippen LogP contribution in [0.2, 0.25) is 0 Å². The van der Waals surface area contributed by atoms with E-state index in [1.165, 1.54) is 16.2 Å². The van der Waals surface area contributed by atoms with Gasteiger partial charge in [0.25, 0.3) is 0 Å². The highest BCUT2D eigenvalue weighted by Crippen LogP contribution is 2.45. The first-order valence-electron chi connectivity index (χ1n) is 8.38. The van der Waals surface area contributed by atoms with Crippen LogP contribution >= 0.6 is 8.15 Å². The van der Waals surface area contributed by atoms with Crippen molar-refractivity contribution in [3.63, 3.8) is 0 Å². The summed E-state index contributed by atoms with van der Waals surface area (Å²) in [5, 5.41) is 2.49. The lowest BCUT2D eigenvalue weighted by atomic mass is 9.94. The van der Waals surface area contributed by atoms with Gasteiger partial charge in [-0.15, -0.1) is 0 Å². The molecule has 3 aromatic rings. The van der Waals surface area contributed by atoms with Crippen molar-refractivity contribution in [1.82, 2.24) is 0 Å². The fraction of sp³-hybridized carbons (Fsp3) is 0.182. The Balaban J connectivity index is 2.00. The zero-order valence-corrected chi connectivity index (χ0v) is 15.1. The molecule has 0 aliphatic rings. The van der Waals surface area contributed by atoms with E-state index < -0.39 is 8.15 Å². The Morgan fingerprint density at radius 1 is 0.708 bits per heavy atom. The normalized spacial score (nSPS) is 13.6. The van der Waals surface area contributed by atoms with E-state index in [4.69, 9.17) is 4.52 Å². The second-order valence-electron chi connectivity index (χ2n) is 6.01. The average molecular weight is 334 g/mol. The highest BCUT2D eigenvalue weighted by Gasteiger charge is 2.30. The predicted octanol–water partition coefficient (Wildman–Crippen LogP) is 5.38. The van der Waals surface area contributed by atoms with E-state index in [9.17, 15) is 0 Å². The van der Waals surface area contributed by atoms with E-state index in [0.717, 1.165) is 6.42 Å². The molecule has 0 spiro atoms. The van der Waals surface area contributed by atoms with Crippen molar-refractivity contribution in [2.75, 3.05) is 0 Å². The summed E-state index contributed by atoms with van der Waals surface area (Å²) in [5.41, 5.74) is 0.922. The number of rotatable bonds is 6. The molecule has 0 heterocycles. The van der Waals surface area contributed by atoms with Crippen LogP contribution in [0.15, 0.2) is 91.0 Å². The standard InChI is InChI=1S/C22H23OP/c1-3-22(2,19-13-7-4-8-14-19)23-24(20-15-9-5-10-16-20)21-17-11-6-12-18-21/h4-18H,3H2,1-2H3/t22-/m0/s1.